The molecule has 0 aliphatic carbocycles. The minimum absolute atomic E-state index is 0.0186. The maximum atomic E-state index is 11.8. The van der Waals surface area contributed by atoms with Crippen LogP contribution in [-0.4, -0.2) is 37.3 Å². The second kappa shape index (κ2) is 9.86. The molecule has 0 unspecified atom stereocenters. The van der Waals surface area contributed by atoms with Gasteiger partial charge in [-0.1, -0.05) is 11.8 Å². The number of aliphatic hydroxyl groups is 1. The standard InChI is InChI=1S/C15H17F2NO3/c16-14(17)11-21-10-8-15(20)18-13-6-4-12(5-7-13)3-1-2-9-19/h4-7,14,19H,2,8-11H2,(H,18,20). The molecule has 0 aromatic heterocycles. The molecule has 1 amide bonds. The molecule has 0 heterocycles. The van der Waals surface area contributed by atoms with E-state index < -0.39 is 13.0 Å². The number of rotatable bonds is 7. The predicted octanol–water partition coefficient (Wildman–Crippen LogP) is 2.03. The van der Waals surface area contributed by atoms with Crippen molar-refractivity contribution in [3.05, 3.63) is 29.8 Å². The summed E-state index contributed by atoms with van der Waals surface area (Å²) in [4.78, 5) is 11.5. The number of anilines is 1. The van der Waals surface area contributed by atoms with Gasteiger partial charge in [0.15, 0.2) is 0 Å². The Morgan fingerprint density at radius 1 is 1.33 bits per heavy atom. The molecular weight excluding hydrogens is 280 g/mol. The minimum atomic E-state index is -2.52. The van der Waals surface area contributed by atoms with E-state index >= 15 is 0 Å². The van der Waals surface area contributed by atoms with Gasteiger partial charge in [0.25, 0.3) is 6.43 Å². The van der Waals surface area contributed by atoms with Gasteiger partial charge in [0.2, 0.25) is 5.91 Å². The molecule has 4 nitrogen and oxygen atoms in total. The lowest BCUT2D eigenvalue weighted by molar-refractivity contribution is -0.117. The highest BCUT2D eigenvalue weighted by molar-refractivity contribution is 5.90. The average Bonchev–Trinajstić information content (AvgIpc) is 2.45. The summed E-state index contributed by atoms with van der Waals surface area (Å²) in [6.07, 6.45) is -2.09. The number of aliphatic hydroxyl groups excluding tert-OH is 1. The first-order valence-electron chi connectivity index (χ1n) is 6.47. The van der Waals surface area contributed by atoms with E-state index in [1.165, 1.54) is 0 Å². The zero-order valence-electron chi connectivity index (χ0n) is 11.4. The Labute approximate surface area is 122 Å². The summed E-state index contributed by atoms with van der Waals surface area (Å²) in [6, 6.07) is 6.88. The number of benzene rings is 1. The quantitative estimate of drug-likeness (QED) is 0.598. The summed E-state index contributed by atoms with van der Waals surface area (Å²) >= 11 is 0. The lowest BCUT2D eigenvalue weighted by atomic mass is 10.2. The second-order valence-corrected chi connectivity index (χ2v) is 4.12. The Kier molecular flexibility index (Phi) is 8.02. The number of carbonyl (C=O) groups is 1. The van der Waals surface area contributed by atoms with Gasteiger partial charge in [-0.2, -0.15) is 0 Å². The van der Waals surface area contributed by atoms with Crippen LogP contribution in [0.5, 0.6) is 0 Å². The smallest absolute Gasteiger partial charge is 0.261 e. The van der Waals surface area contributed by atoms with E-state index in [4.69, 9.17) is 5.11 Å². The fourth-order valence-corrected chi connectivity index (χ4v) is 1.42. The number of amides is 1. The van der Waals surface area contributed by atoms with Crippen molar-refractivity contribution in [2.75, 3.05) is 25.1 Å². The largest absolute Gasteiger partial charge is 0.395 e. The van der Waals surface area contributed by atoms with Crippen LogP contribution in [0.15, 0.2) is 24.3 Å². The van der Waals surface area contributed by atoms with Gasteiger partial charge in [-0.25, -0.2) is 8.78 Å². The SMILES string of the molecule is O=C(CCOCC(F)F)Nc1ccc(C#CCCO)cc1. The molecular formula is C15H17F2NO3. The first kappa shape index (κ1) is 17.1. The zero-order valence-corrected chi connectivity index (χ0v) is 11.4. The molecule has 21 heavy (non-hydrogen) atoms. The molecule has 0 fully saturated rings. The Morgan fingerprint density at radius 3 is 2.67 bits per heavy atom. The topological polar surface area (TPSA) is 58.6 Å². The summed E-state index contributed by atoms with van der Waals surface area (Å²) in [7, 11) is 0. The summed E-state index contributed by atoms with van der Waals surface area (Å²) in [5.74, 6) is 5.35. The monoisotopic (exact) mass is 297 g/mol. The van der Waals surface area contributed by atoms with E-state index in [-0.39, 0.29) is 25.5 Å². The molecule has 2 N–H and O–H groups in total. The molecule has 0 bridgehead atoms. The van der Waals surface area contributed by atoms with Crippen LogP contribution in [0.3, 0.4) is 0 Å². The van der Waals surface area contributed by atoms with Gasteiger partial charge in [0.1, 0.15) is 6.61 Å². The number of halogens is 2. The third-order valence-electron chi connectivity index (χ3n) is 2.36. The third kappa shape index (κ3) is 8.02. The van der Waals surface area contributed by atoms with E-state index in [0.717, 1.165) is 5.56 Å². The van der Waals surface area contributed by atoms with Crippen LogP contribution in [0.4, 0.5) is 14.5 Å². The van der Waals surface area contributed by atoms with Crippen molar-refractivity contribution in [2.24, 2.45) is 0 Å². The molecule has 1 rings (SSSR count). The fourth-order valence-electron chi connectivity index (χ4n) is 1.42. The summed E-state index contributed by atoms with van der Waals surface area (Å²) < 4.78 is 28.2. The number of ether oxygens (including phenoxy) is 1. The van der Waals surface area contributed by atoms with Gasteiger partial charge in [-0.15, -0.1) is 0 Å². The van der Waals surface area contributed by atoms with Crippen molar-refractivity contribution in [1.29, 1.82) is 0 Å². The molecule has 0 aliphatic heterocycles. The van der Waals surface area contributed by atoms with Gasteiger partial charge in [-0.3, -0.25) is 4.79 Å². The maximum Gasteiger partial charge on any atom is 0.261 e. The number of hydrogen-bond acceptors (Lipinski definition) is 3. The van der Waals surface area contributed by atoms with Gasteiger partial charge >= 0.3 is 0 Å². The van der Waals surface area contributed by atoms with Gasteiger partial charge in [-0.05, 0) is 24.3 Å². The zero-order chi connectivity index (χ0) is 15.5. The number of alkyl halides is 2. The Bertz CT molecular complexity index is 492. The molecule has 114 valence electrons. The van der Waals surface area contributed by atoms with E-state index in [1.807, 2.05) is 0 Å². The predicted molar refractivity (Wildman–Crippen MR) is 75.1 cm³/mol. The van der Waals surface area contributed by atoms with Crippen molar-refractivity contribution >= 4 is 11.6 Å². The summed E-state index contributed by atoms with van der Waals surface area (Å²) in [5.41, 5.74) is 1.38. The Balaban J connectivity index is 2.34. The van der Waals surface area contributed by atoms with Gasteiger partial charge < -0.3 is 15.2 Å². The van der Waals surface area contributed by atoms with E-state index in [9.17, 15) is 13.6 Å². The molecule has 0 atom stereocenters. The number of nitrogens with one attached hydrogen (secondary N) is 1. The highest BCUT2D eigenvalue weighted by Crippen LogP contribution is 2.09. The normalized spacial score (nSPS) is 10.1. The van der Waals surface area contributed by atoms with Crippen molar-refractivity contribution in [3.63, 3.8) is 0 Å². The molecule has 0 radical (unpaired) electrons. The molecule has 0 saturated heterocycles. The van der Waals surface area contributed by atoms with Gasteiger partial charge in [0, 0.05) is 17.7 Å². The van der Waals surface area contributed by atoms with Gasteiger partial charge in [0.05, 0.1) is 19.6 Å². The maximum absolute atomic E-state index is 11.8. The van der Waals surface area contributed by atoms with Crippen LogP contribution in [0.25, 0.3) is 0 Å². The molecule has 0 spiro atoms. The van der Waals surface area contributed by atoms with E-state index in [1.54, 1.807) is 24.3 Å². The highest BCUT2D eigenvalue weighted by atomic mass is 19.3. The third-order valence-corrected chi connectivity index (χ3v) is 2.36. The van der Waals surface area contributed by atoms with Crippen molar-refractivity contribution in [1.82, 2.24) is 0 Å². The first-order chi connectivity index (χ1) is 10.1. The van der Waals surface area contributed by atoms with Crippen LogP contribution in [0.2, 0.25) is 0 Å². The van der Waals surface area contributed by atoms with Crippen LogP contribution < -0.4 is 5.32 Å². The van der Waals surface area contributed by atoms with Crippen LogP contribution in [-0.2, 0) is 9.53 Å². The second-order valence-electron chi connectivity index (χ2n) is 4.12. The molecule has 1 aromatic rings. The Morgan fingerprint density at radius 2 is 2.05 bits per heavy atom. The van der Waals surface area contributed by atoms with E-state index in [2.05, 4.69) is 21.9 Å². The molecule has 6 heteroatoms. The van der Waals surface area contributed by atoms with Crippen LogP contribution >= 0.6 is 0 Å². The van der Waals surface area contributed by atoms with E-state index in [0.29, 0.717) is 12.1 Å². The lowest BCUT2D eigenvalue weighted by Gasteiger charge is -2.06. The first-order valence-corrected chi connectivity index (χ1v) is 6.47. The summed E-state index contributed by atoms with van der Waals surface area (Å²) in [6.45, 7) is -0.676. The number of hydrogen-bond donors (Lipinski definition) is 2. The Hall–Kier alpha value is -1.97. The fraction of sp³-hybridized carbons (Fsp3) is 0.400. The van der Waals surface area contributed by atoms with Crippen LogP contribution in [0.1, 0.15) is 18.4 Å². The molecule has 0 aliphatic rings. The summed E-state index contributed by atoms with van der Waals surface area (Å²) in [5, 5.41) is 11.2. The van der Waals surface area contributed by atoms with Crippen molar-refractivity contribution in [2.45, 2.75) is 19.3 Å². The lowest BCUT2D eigenvalue weighted by Crippen LogP contribution is -2.15. The number of carbonyl (C=O) groups excluding carboxylic acids is 1. The molecule has 0 saturated carbocycles. The highest BCUT2D eigenvalue weighted by Gasteiger charge is 2.05. The minimum Gasteiger partial charge on any atom is -0.395 e. The molecule has 1 aromatic carbocycles. The van der Waals surface area contributed by atoms with Crippen LogP contribution in [0, 0.1) is 11.8 Å². The van der Waals surface area contributed by atoms with Crippen molar-refractivity contribution < 1.29 is 23.4 Å². The average molecular weight is 297 g/mol. The van der Waals surface area contributed by atoms with Crippen molar-refractivity contribution in [3.8, 4) is 11.8 Å².